The van der Waals surface area contributed by atoms with E-state index in [0.717, 1.165) is 11.3 Å². The summed E-state index contributed by atoms with van der Waals surface area (Å²) in [6, 6.07) is 11.4. The van der Waals surface area contributed by atoms with E-state index in [1.165, 1.54) is 23.9 Å². The van der Waals surface area contributed by atoms with Crippen molar-refractivity contribution in [1.29, 1.82) is 0 Å². The lowest BCUT2D eigenvalue weighted by molar-refractivity contribution is -0.115. The number of nitrogens with zero attached hydrogens (tertiary/aromatic N) is 1. The molecule has 2 aromatic rings. The number of rotatable bonds is 4. The zero-order chi connectivity index (χ0) is 23.0. The summed E-state index contributed by atoms with van der Waals surface area (Å²) in [5.41, 5.74) is 1.53. The number of anilines is 2. The van der Waals surface area contributed by atoms with Gasteiger partial charge in [-0.3, -0.25) is 9.59 Å². The minimum Gasteiger partial charge on any atom is -0.324 e. The normalized spacial score (nSPS) is 23.8. The summed E-state index contributed by atoms with van der Waals surface area (Å²) < 4.78 is 27.6. The predicted octanol–water partition coefficient (Wildman–Crippen LogP) is 4.04. The topological polar surface area (TPSA) is 95.6 Å². The van der Waals surface area contributed by atoms with E-state index >= 15 is 0 Å². The Morgan fingerprint density at radius 1 is 1.06 bits per heavy atom. The Bertz CT molecular complexity index is 1140. The molecule has 7 nitrogen and oxygen atoms in total. The van der Waals surface area contributed by atoms with Crippen molar-refractivity contribution in [2.45, 2.75) is 42.2 Å². The maximum Gasteiger partial charge on any atom is 0.255 e. The van der Waals surface area contributed by atoms with E-state index in [1.807, 2.05) is 13.0 Å². The maximum absolute atomic E-state index is 13.0. The van der Waals surface area contributed by atoms with Crippen molar-refractivity contribution < 1.29 is 18.0 Å². The number of nitrogens with one attached hydrogen (secondary N) is 2. The van der Waals surface area contributed by atoms with Crippen LogP contribution >= 0.6 is 11.8 Å². The molecule has 0 aromatic heterocycles. The van der Waals surface area contributed by atoms with Gasteiger partial charge in [-0.05, 0) is 67.6 Å². The van der Waals surface area contributed by atoms with Crippen LogP contribution in [0, 0.1) is 11.8 Å². The van der Waals surface area contributed by atoms with Crippen molar-refractivity contribution in [3.63, 3.8) is 0 Å². The average molecular weight is 474 g/mol. The third-order valence-electron chi connectivity index (χ3n) is 5.76. The van der Waals surface area contributed by atoms with Crippen LogP contribution in [0.15, 0.2) is 52.3 Å². The van der Waals surface area contributed by atoms with Crippen LogP contribution in [0.5, 0.6) is 0 Å². The molecule has 2 aliphatic heterocycles. The van der Waals surface area contributed by atoms with Crippen LogP contribution in [-0.2, 0) is 14.8 Å². The van der Waals surface area contributed by atoms with Crippen molar-refractivity contribution in [3.8, 4) is 0 Å². The van der Waals surface area contributed by atoms with E-state index in [0.29, 0.717) is 41.9 Å². The Labute approximate surface area is 193 Å². The first-order valence-corrected chi connectivity index (χ1v) is 13.0. The van der Waals surface area contributed by atoms with Crippen molar-refractivity contribution in [2.75, 3.05) is 23.7 Å². The Kier molecular flexibility index (Phi) is 6.33. The van der Waals surface area contributed by atoms with Gasteiger partial charge in [0.25, 0.3) is 5.91 Å². The standard InChI is InChI=1S/C23H27N3O4S2/c1-14-10-15(2)13-26(12-14)32(29,30)19-7-5-18(6-8-19)24-23(28)17-4-9-21-20(11-17)25-22(27)16(3)31-21/h4-9,11,14-16H,10,12-13H2,1-3H3,(H,24,28)(H,25,27)/t14-,15+,16-/m1/s1. The molecule has 2 N–H and O–H groups in total. The average Bonchev–Trinajstić information content (AvgIpc) is 2.74. The molecule has 2 heterocycles. The summed E-state index contributed by atoms with van der Waals surface area (Å²) in [4.78, 5) is 25.7. The third-order valence-corrected chi connectivity index (χ3v) is 8.78. The Hall–Kier alpha value is -2.36. The molecule has 9 heteroatoms. The van der Waals surface area contributed by atoms with Gasteiger partial charge >= 0.3 is 0 Å². The number of fused-ring (bicyclic) bond motifs is 1. The Morgan fingerprint density at radius 2 is 1.72 bits per heavy atom. The first-order valence-electron chi connectivity index (χ1n) is 10.7. The number of amides is 2. The largest absolute Gasteiger partial charge is 0.324 e. The fourth-order valence-corrected chi connectivity index (χ4v) is 6.82. The summed E-state index contributed by atoms with van der Waals surface area (Å²) in [7, 11) is -3.57. The predicted molar refractivity (Wildman–Crippen MR) is 126 cm³/mol. The highest BCUT2D eigenvalue weighted by atomic mass is 32.2. The highest BCUT2D eigenvalue weighted by molar-refractivity contribution is 8.01. The fourth-order valence-electron chi connectivity index (χ4n) is 4.21. The number of hydrogen-bond acceptors (Lipinski definition) is 5. The lowest BCUT2D eigenvalue weighted by Gasteiger charge is -2.34. The SMILES string of the molecule is C[C@@H]1C[C@H](C)CN(S(=O)(=O)c2ccc(NC(=O)c3ccc4c(c3)NC(=O)[C@@H](C)S4)cc2)C1. The van der Waals surface area contributed by atoms with Crippen molar-refractivity contribution in [2.24, 2.45) is 11.8 Å². The van der Waals surface area contributed by atoms with Crippen LogP contribution in [0.25, 0.3) is 0 Å². The summed E-state index contributed by atoms with van der Waals surface area (Å²) in [6.45, 7) is 7.03. The van der Waals surface area contributed by atoms with Gasteiger partial charge in [0.1, 0.15) is 0 Å². The molecule has 2 aliphatic rings. The van der Waals surface area contributed by atoms with E-state index in [1.54, 1.807) is 28.6 Å². The molecule has 3 atom stereocenters. The van der Waals surface area contributed by atoms with Gasteiger partial charge in [-0.25, -0.2) is 8.42 Å². The van der Waals surface area contributed by atoms with E-state index in [-0.39, 0.29) is 22.0 Å². The second kappa shape index (κ2) is 8.88. The maximum atomic E-state index is 13.0. The Balaban J connectivity index is 1.46. The van der Waals surface area contributed by atoms with Gasteiger partial charge in [-0.2, -0.15) is 4.31 Å². The molecule has 32 heavy (non-hydrogen) atoms. The van der Waals surface area contributed by atoms with Gasteiger partial charge in [-0.15, -0.1) is 11.8 Å². The zero-order valence-corrected chi connectivity index (χ0v) is 19.9. The molecular formula is C23H27N3O4S2. The summed E-state index contributed by atoms with van der Waals surface area (Å²) in [6.07, 6.45) is 1.03. The van der Waals surface area contributed by atoms with Crippen LogP contribution in [0.3, 0.4) is 0 Å². The lowest BCUT2D eigenvalue weighted by Crippen LogP contribution is -2.42. The first kappa shape index (κ1) is 22.8. The van der Waals surface area contributed by atoms with Gasteiger partial charge in [0.15, 0.2) is 0 Å². The number of sulfonamides is 1. The third kappa shape index (κ3) is 4.69. The first-order chi connectivity index (χ1) is 15.1. The van der Waals surface area contributed by atoms with Crippen LogP contribution in [0.4, 0.5) is 11.4 Å². The van der Waals surface area contributed by atoms with Crippen molar-refractivity contribution in [3.05, 3.63) is 48.0 Å². The summed E-state index contributed by atoms with van der Waals surface area (Å²) >= 11 is 1.46. The quantitative estimate of drug-likeness (QED) is 0.699. The minimum atomic E-state index is -3.57. The van der Waals surface area contributed by atoms with Crippen molar-refractivity contribution in [1.82, 2.24) is 4.31 Å². The molecule has 1 fully saturated rings. The van der Waals surface area contributed by atoms with Gasteiger partial charge in [0, 0.05) is 29.2 Å². The molecule has 0 radical (unpaired) electrons. The highest BCUT2D eigenvalue weighted by Crippen LogP contribution is 2.36. The molecule has 4 rings (SSSR count). The second-order valence-corrected chi connectivity index (χ2v) is 12.0. The van der Waals surface area contributed by atoms with E-state index in [9.17, 15) is 18.0 Å². The molecule has 0 spiro atoms. The summed E-state index contributed by atoms with van der Waals surface area (Å²) in [5.74, 6) is 0.236. The van der Waals surface area contributed by atoms with Gasteiger partial charge in [0.05, 0.1) is 15.8 Å². The monoisotopic (exact) mass is 473 g/mol. The molecule has 0 bridgehead atoms. The zero-order valence-electron chi connectivity index (χ0n) is 18.3. The molecule has 0 unspecified atom stereocenters. The summed E-state index contributed by atoms with van der Waals surface area (Å²) in [5, 5.41) is 5.44. The lowest BCUT2D eigenvalue weighted by atomic mass is 9.94. The molecule has 2 aromatic carbocycles. The number of carbonyl (C=O) groups excluding carboxylic acids is 2. The number of benzene rings is 2. The highest BCUT2D eigenvalue weighted by Gasteiger charge is 2.31. The minimum absolute atomic E-state index is 0.0886. The molecule has 0 aliphatic carbocycles. The van der Waals surface area contributed by atoms with Crippen LogP contribution in [0.2, 0.25) is 0 Å². The van der Waals surface area contributed by atoms with Gasteiger partial charge < -0.3 is 10.6 Å². The number of hydrogen-bond donors (Lipinski definition) is 2. The van der Waals surface area contributed by atoms with Crippen molar-refractivity contribution >= 4 is 45.0 Å². The second-order valence-electron chi connectivity index (χ2n) is 8.71. The molecule has 170 valence electrons. The van der Waals surface area contributed by atoms with E-state index in [2.05, 4.69) is 24.5 Å². The molecule has 0 saturated carbocycles. The molecule has 1 saturated heterocycles. The number of piperidine rings is 1. The Morgan fingerprint density at radius 3 is 2.38 bits per heavy atom. The molecular weight excluding hydrogens is 446 g/mol. The van der Waals surface area contributed by atoms with Gasteiger partial charge in [-0.1, -0.05) is 13.8 Å². The fraction of sp³-hybridized carbons (Fsp3) is 0.391. The number of thioether (sulfide) groups is 1. The van der Waals surface area contributed by atoms with E-state index < -0.39 is 10.0 Å². The smallest absolute Gasteiger partial charge is 0.255 e. The van der Waals surface area contributed by atoms with Gasteiger partial charge in [0.2, 0.25) is 15.9 Å². The molecule has 2 amide bonds. The van der Waals surface area contributed by atoms with Crippen LogP contribution in [0.1, 0.15) is 37.6 Å². The van der Waals surface area contributed by atoms with E-state index in [4.69, 9.17) is 0 Å². The van der Waals surface area contributed by atoms with Crippen LogP contribution in [-0.4, -0.2) is 42.9 Å². The van der Waals surface area contributed by atoms with Crippen LogP contribution < -0.4 is 10.6 Å². The number of carbonyl (C=O) groups is 2.